The smallest absolute Gasteiger partial charge is 0.0394 e. The Bertz CT molecular complexity index is 153. The Labute approximate surface area is 90.5 Å². The Morgan fingerprint density at radius 3 is 2.00 bits per heavy atom. The SMILES string of the molecule is CCC1CC(CC(C)C(C)C(C)C)C1. The van der Waals surface area contributed by atoms with Gasteiger partial charge in [0.25, 0.3) is 0 Å². The maximum atomic E-state index is 2.45. The van der Waals surface area contributed by atoms with Crippen LogP contribution >= 0.6 is 0 Å². The molecule has 0 aliphatic heterocycles. The Hall–Kier alpha value is 0. The molecule has 0 spiro atoms. The molecule has 2 atom stereocenters. The van der Waals surface area contributed by atoms with E-state index in [-0.39, 0.29) is 0 Å². The highest BCUT2D eigenvalue weighted by atomic mass is 14.4. The largest absolute Gasteiger partial charge is 0.0651 e. The van der Waals surface area contributed by atoms with E-state index in [0.717, 1.165) is 29.6 Å². The van der Waals surface area contributed by atoms with E-state index in [2.05, 4.69) is 34.6 Å². The van der Waals surface area contributed by atoms with Gasteiger partial charge in [0.2, 0.25) is 0 Å². The van der Waals surface area contributed by atoms with Gasteiger partial charge >= 0.3 is 0 Å². The van der Waals surface area contributed by atoms with Crippen LogP contribution in [0.3, 0.4) is 0 Å². The summed E-state index contributed by atoms with van der Waals surface area (Å²) >= 11 is 0. The molecule has 0 saturated heterocycles. The van der Waals surface area contributed by atoms with Crippen LogP contribution in [-0.4, -0.2) is 0 Å². The molecule has 0 heteroatoms. The fraction of sp³-hybridized carbons (Fsp3) is 1.00. The summed E-state index contributed by atoms with van der Waals surface area (Å²) in [7, 11) is 0. The molecule has 0 aromatic carbocycles. The summed E-state index contributed by atoms with van der Waals surface area (Å²) in [6.07, 6.45) is 5.93. The van der Waals surface area contributed by atoms with Gasteiger partial charge in [0.1, 0.15) is 0 Å². The van der Waals surface area contributed by atoms with Crippen LogP contribution in [-0.2, 0) is 0 Å². The third-order valence-electron chi connectivity index (χ3n) is 4.56. The van der Waals surface area contributed by atoms with Crippen molar-refractivity contribution in [3.63, 3.8) is 0 Å². The van der Waals surface area contributed by atoms with Crippen molar-refractivity contribution in [2.24, 2.45) is 29.6 Å². The summed E-state index contributed by atoms with van der Waals surface area (Å²) in [5, 5.41) is 0. The van der Waals surface area contributed by atoms with Gasteiger partial charge in [-0.05, 0) is 48.9 Å². The average Bonchev–Trinajstić information content (AvgIpc) is 2.08. The van der Waals surface area contributed by atoms with Crippen LogP contribution < -0.4 is 0 Å². The van der Waals surface area contributed by atoms with E-state index in [0.29, 0.717) is 0 Å². The Morgan fingerprint density at radius 2 is 1.57 bits per heavy atom. The highest BCUT2D eigenvalue weighted by molar-refractivity contribution is 4.81. The minimum atomic E-state index is 0.854. The summed E-state index contributed by atoms with van der Waals surface area (Å²) in [5.41, 5.74) is 0. The molecule has 0 nitrogen and oxygen atoms in total. The standard InChI is InChI=1S/C14H28/c1-6-13-8-14(9-13)7-11(4)12(5)10(2)3/h10-14H,6-9H2,1-5H3. The Kier molecular flexibility index (Phi) is 4.47. The van der Waals surface area contributed by atoms with Gasteiger partial charge in [-0.15, -0.1) is 0 Å². The third-order valence-corrected chi connectivity index (χ3v) is 4.56. The molecular weight excluding hydrogens is 168 g/mol. The van der Waals surface area contributed by atoms with Crippen LogP contribution in [0.25, 0.3) is 0 Å². The molecule has 1 aliphatic rings. The lowest BCUT2D eigenvalue weighted by molar-refractivity contribution is 0.132. The molecule has 0 aromatic rings. The van der Waals surface area contributed by atoms with Crippen molar-refractivity contribution in [1.82, 2.24) is 0 Å². The van der Waals surface area contributed by atoms with Gasteiger partial charge in [0.15, 0.2) is 0 Å². The van der Waals surface area contributed by atoms with Crippen molar-refractivity contribution >= 4 is 0 Å². The van der Waals surface area contributed by atoms with Crippen molar-refractivity contribution in [2.75, 3.05) is 0 Å². The maximum Gasteiger partial charge on any atom is -0.0394 e. The molecule has 2 unspecified atom stereocenters. The molecule has 84 valence electrons. The molecule has 1 fully saturated rings. The van der Waals surface area contributed by atoms with Crippen molar-refractivity contribution in [2.45, 2.75) is 60.3 Å². The number of hydrogen-bond acceptors (Lipinski definition) is 0. The summed E-state index contributed by atoms with van der Waals surface area (Å²) in [4.78, 5) is 0. The van der Waals surface area contributed by atoms with E-state index in [1.807, 2.05) is 0 Å². The minimum Gasteiger partial charge on any atom is -0.0651 e. The second kappa shape index (κ2) is 5.19. The highest BCUT2D eigenvalue weighted by Crippen LogP contribution is 2.41. The first-order chi connectivity index (χ1) is 6.54. The number of rotatable bonds is 5. The van der Waals surface area contributed by atoms with E-state index >= 15 is 0 Å². The lowest BCUT2D eigenvalue weighted by Gasteiger charge is -2.38. The molecule has 0 N–H and O–H groups in total. The Morgan fingerprint density at radius 1 is 1.00 bits per heavy atom. The van der Waals surface area contributed by atoms with Crippen LogP contribution in [0, 0.1) is 29.6 Å². The summed E-state index contributed by atoms with van der Waals surface area (Å²) in [5.74, 6) is 4.82. The highest BCUT2D eigenvalue weighted by Gasteiger charge is 2.30. The van der Waals surface area contributed by atoms with Crippen LogP contribution in [0.2, 0.25) is 0 Å². The van der Waals surface area contributed by atoms with Crippen molar-refractivity contribution in [3.05, 3.63) is 0 Å². The molecule has 14 heavy (non-hydrogen) atoms. The lowest BCUT2D eigenvalue weighted by atomic mass is 9.68. The molecule has 0 radical (unpaired) electrons. The predicted molar refractivity (Wildman–Crippen MR) is 64.3 cm³/mol. The van der Waals surface area contributed by atoms with Gasteiger partial charge in [-0.3, -0.25) is 0 Å². The second-order valence-electron chi connectivity index (χ2n) is 5.93. The first-order valence-corrected chi connectivity index (χ1v) is 6.54. The zero-order valence-corrected chi connectivity index (χ0v) is 10.7. The van der Waals surface area contributed by atoms with E-state index in [4.69, 9.17) is 0 Å². The second-order valence-corrected chi connectivity index (χ2v) is 5.93. The maximum absolute atomic E-state index is 2.45. The van der Waals surface area contributed by atoms with Gasteiger partial charge in [-0.2, -0.15) is 0 Å². The zero-order chi connectivity index (χ0) is 10.7. The van der Waals surface area contributed by atoms with Crippen LogP contribution in [0.15, 0.2) is 0 Å². The lowest BCUT2D eigenvalue weighted by Crippen LogP contribution is -2.27. The fourth-order valence-corrected chi connectivity index (χ4v) is 2.80. The van der Waals surface area contributed by atoms with E-state index in [1.165, 1.54) is 25.7 Å². The molecule has 0 aromatic heterocycles. The molecule has 0 heterocycles. The van der Waals surface area contributed by atoms with E-state index in [9.17, 15) is 0 Å². The predicted octanol–water partition coefficient (Wildman–Crippen LogP) is 4.74. The molecule has 0 amide bonds. The monoisotopic (exact) mass is 196 g/mol. The first kappa shape index (κ1) is 12.1. The first-order valence-electron chi connectivity index (χ1n) is 6.54. The van der Waals surface area contributed by atoms with Crippen LogP contribution in [0.4, 0.5) is 0 Å². The third kappa shape index (κ3) is 3.00. The van der Waals surface area contributed by atoms with Gasteiger partial charge in [-0.1, -0.05) is 41.0 Å². The van der Waals surface area contributed by atoms with Gasteiger partial charge in [0, 0.05) is 0 Å². The molecular formula is C14H28. The normalized spacial score (nSPS) is 31.3. The topological polar surface area (TPSA) is 0 Å². The molecule has 1 aliphatic carbocycles. The van der Waals surface area contributed by atoms with E-state index in [1.54, 1.807) is 0 Å². The molecule has 1 rings (SSSR count). The van der Waals surface area contributed by atoms with Crippen molar-refractivity contribution in [1.29, 1.82) is 0 Å². The number of hydrogen-bond donors (Lipinski definition) is 0. The zero-order valence-electron chi connectivity index (χ0n) is 10.7. The fourth-order valence-electron chi connectivity index (χ4n) is 2.80. The van der Waals surface area contributed by atoms with Gasteiger partial charge in [0.05, 0.1) is 0 Å². The van der Waals surface area contributed by atoms with Gasteiger partial charge in [-0.25, -0.2) is 0 Å². The van der Waals surface area contributed by atoms with E-state index < -0.39 is 0 Å². The summed E-state index contributed by atoms with van der Waals surface area (Å²) in [6.45, 7) is 11.9. The van der Waals surface area contributed by atoms with Crippen molar-refractivity contribution in [3.8, 4) is 0 Å². The Balaban J connectivity index is 2.19. The van der Waals surface area contributed by atoms with Gasteiger partial charge < -0.3 is 0 Å². The minimum absolute atomic E-state index is 0.854. The average molecular weight is 196 g/mol. The quantitative estimate of drug-likeness (QED) is 0.595. The van der Waals surface area contributed by atoms with Crippen molar-refractivity contribution < 1.29 is 0 Å². The summed E-state index contributed by atoms with van der Waals surface area (Å²) in [6, 6.07) is 0. The van der Waals surface area contributed by atoms with Crippen LogP contribution in [0.1, 0.15) is 60.3 Å². The summed E-state index contributed by atoms with van der Waals surface area (Å²) < 4.78 is 0. The molecule has 0 bridgehead atoms. The molecule has 1 saturated carbocycles. The van der Waals surface area contributed by atoms with Crippen LogP contribution in [0.5, 0.6) is 0 Å².